The fourth-order valence-electron chi connectivity index (χ4n) is 2.77. The van der Waals surface area contributed by atoms with Crippen LogP contribution in [0.4, 0.5) is 0 Å². The molecule has 0 saturated heterocycles. The monoisotopic (exact) mass is 321 g/mol. The van der Waals surface area contributed by atoms with Crippen molar-refractivity contribution < 1.29 is 4.79 Å². The Morgan fingerprint density at radius 3 is 2.95 bits per heavy atom. The lowest BCUT2D eigenvalue weighted by atomic mass is 10.00. The molecule has 22 heavy (non-hydrogen) atoms. The smallest absolute Gasteiger partial charge is 0.236 e. The Labute approximate surface area is 137 Å². The zero-order valence-electron chi connectivity index (χ0n) is 13.4. The molecule has 1 heterocycles. The third-order valence-corrected chi connectivity index (χ3v) is 4.77. The van der Waals surface area contributed by atoms with Crippen molar-refractivity contribution in [2.24, 2.45) is 5.73 Å². The summed E-state index contributed by atoms with van der Waals surface area (Å²) in [5.41, 5.74) is 8.77. The normalized spacial score (nSPS) is 16.1. The molecule has 1 atom stereocenters. The SMILES string of the molecule is CSCCC(N)C(=O)NCCCN1CCc2ccccc2C1. The van der Waals surface area contributed by atoms with Crippen LogP contribution in [0.2, 0.25) is 0 Å². The average Bonchev–Trinajstić information content (AvgIpc) is 2.56. The van der Waals surface area contributed by atoms with Gasteiger partial charge in [0, 0.05) is 26.2 Å². The highest BCUT2D eigenvalue weighted by Crippen LogP contribution is 2.18. The molecule has 5 heteroatoms. The van der Waals surface area contributed by atoms with E-state index >= 15 is 0 Å². The predicted molar refractivity (Wildman–Crippen MR) is 94.0 cm³/mol. The van der Waals surface area contributed by atoms with E-state index in [0.29, 0.717) is 6.54 Å². The first kappa shape index (κ1) is 17.3. The number of carbonyl (C=O) groups is 1. The van der Waals surface area contributed by atoms with Crippen LogP contribution < -0.4 is 11.1 Å². The second-order valence-electron chi connectivity index (χ2n) is 5.83. The Morgan fingerprint density at radius 1 is 1.41 bits per heavy atom. The molecule has 0 aliphatic carbocycles. The maximum absolute atomic E-state index is 11.8. The third kappa shape index (κ3) is 5.30. The van der Waals surface area contributed by atoms with E-state index in [1.165, 1.54) is 11.1 Å². The summed E-state index contributed by atoms with van der Waals surface area (Å²) in [6, 6.07) is 8.30. The van der Waals surface area contributed by atoms with Gasteiger partial charge in [0.15, 0.2) is 0 Å². The number of carbonyl (C=O) groups excluding carboxylic acids is 1. The highest BCUT2D eigenvalue weighted by molar-refractivity contribution is 7.98. The lowest BCUT2D eigenvalue weighted by Gasteiger charge is -2.28. The van der Waals surface area contributed by atoms with Crippen LogP contribution in [0.15, 0.2) is 24.3 Å². The number of hydrogen-bond donors (Lipinski definition) is 2. The van der Waals surface area contributed by atoms with Gasteiger partial charge in [-0.05, 0) is 42.4 Å². The van der Waals surface area contributed by atoms with Gasteiger partial charge in [-0.25, -0.2) is 0 Å². The summed E-state index contributed by atoms with van der Waals surface area (Å²) in [4.78, 5) is 14.3. The highest BCUT2D eigenvalue weighted by atomic mass is 32.2. The number of thioether (sulfide) groups is 1. The topological polar surface area (TPSA) is 58.4 Å². The number of nitrogens with zero attached hydrogens (tertiary/aromatic N) is 1. The number of hydrogen-bond acceptors (Lipinski definition) is 4. The second kappa shape index (κ2) is 9.18. The van der Waals surface area contributed by atoms with E-state index in [-0.39, 0.29) is 11.9 Å². The molecule has 0 aromatic heterocycles. The van der Waals surface area contributed by atoms with Gasteiger partial charge in [0.2, 0.25) is 5.91 Å². The second-order valence-corrected chi connectivity index (χ2v) is 6.81. The predicted octanol–water partition coefficient (Wildman–Crippen LogP) is 1.63. The molecule has 0 spiro atoms. The van der Waals surface area contributed by atoms with Crippen LogP contribution in [0.5, 0.6) is 0 Å². The lowest BCUT2D eigenvalue weighted by molar-refractivity contribution is -0.122. The van der Waals surface area contributed by atoms with Crippen LogP contribution in [0.1, 0.15) is 24.0 Å². The summed E-state index contributed by atoms with van der Waals surface area (Å²) >= 11 is 1.72. The summed E-state index contributed by atoms with van der Waals surface area (Å²) in [6.07, 6.45) is 4.88. The largest absolute Gasteiger partial charge is 0.355 e. The van der Waals surface area contributed by atoms with Crippen molar-refractivity contribution in [1.82, 2.24) is 10.2 Å². The lowest BCUT2D eigenvalue weighted by Crippen LogP contribution is -2.42. The van der Waals surface area contributed by atoms with Gasteiger partial charge in [-0.1, -0.05) is 24.3 Å². The Kier molecular flexibility index (Phi) is 7.22. The van der Waals surface area contributed by atoms with E-state index in [4.69, 9.17) is 5.73 Å². The standard InChI is InChI=1S/C17H27N3OS/c1-22-12-8-16(18)17(21)19-9-4-10-20-11-7-14-5-2-3-6-15(14)13-20/h2-3,5-6,16H,4,7-13,18H2,1H3,(H,19,21). The van der Waals surface area contributed by atoms with Gasteiger partial charge in [0.05, 0.1) is 6.04 Å². The molecular formula is C17H27N3OS. The first-order valence-corrected chi connectivity index (χ1v) is 9.41. The van der Waals surface area contributed by atoms with Gasteiger partial charge in [-0.15, -0.1) is 0 Å². The number of amides is 1. The van der Waals surface area contributed by atoms with Gasteiger partial charge >= 0.3 is 0 Å². The van der Waals surface area contributed by atoms with E-state index < -0.39 is 0 Å². The van der Waals surface area contributed by atoms with Crippen molar-refractivity contribution >= 4 is 17.7 Å². The van der Waals surface area contributed by atoms with Crippen molar-refractivity contribution in [3.05, 3.63) is 35.4 Å². The summed E-state index contributed by atoms with van der Waals surface area (Å²) in [6.45, 7) is 3.87. The van der Waals surface area contributed by atoms with Gasteiger partial charge in [-0.2, -0.15) is 11.8 Å². The van der Waals surface area contributed by atoms with Crippen molar-refractivity contribution in [2.75, 3.05) is 31.6 Å². The molecule has 4 nitrogen and oxygen atoms in total. The van der Waals surface area contributed by atoms with Gasteiger partial charge in [-0.3, -0.25) is 9.69 Å². The fourth-order valence-corrected chi connectivity index (χ4v) is 3.26. The quantitative estimate of drug-likeness (QED) is 0.715. The van der Waals surface area contributed by atoms with Crippen molar-refractivity contribution in [2.45, 2.75) is 31.8 Å². The summed E-state index contributed by atoms with van der Waals surface area (Å²) in [7, 11) is 0. The Bertz CT molecular complexity index is 481. The summed E-state index contributed by atoms with van der Waals surface area (Å²) in [5, 5.41) is 2.95. The average molecular weight is 321 g/mol. The molecule has 0 bridgehead atoms. The van der Waals surface area contributed by atoms with Crippen LogP contribution in [0.3, 0.4) is 0 Å². The zero-order valence-corrected chi connectivity index (χ0v) is 14.2. The summed E-state index contributed by atoms with van der Waals surface area (Å²) in [5.74, 6) is 0.917. The van der Waals surface area contributed by atoms with Crippen LogP contribution in [-0.4, -0.2) is 48.5 Å². The molecule has 0 fully saturated rings. The molecule has 0 radical (unpaired) electrons. The molecule has 122 valence electrons. The van der Waals surface area contributed by atoms with Crippen LogP contribution in [-0.2, 0) is 17.8 Å². The number of rotatable bonds is 8. The molecular weight excluding hydrogens is 294 g/mol. The molecule has 1 aromatic carbocycles. The van der Waals surface area contributed by atoms with Crippen molar-refractivity contribution in [3.8, 4) is 0 Å². The van der Waals surface area contributed by atoms with E-state index in [1.807, 2.05) is 6.26 Å². The Morgan fingerprint density at radius 2 is 2.18 bits per heavy atom. The van der Waals surface area contributed by atoms with Crippen LogP contribution >= 0.6 is 11.8 Å². The van der Waals surface area contributed by atoms with Gasteiger partial charge < -0.3 is 11.1 Å². The number of benzene rings is 1. The molecule has 1 unspecified atom stereocenters. The molecule has 1 aromatic rings. The minimum atomic E-state index is -0.366. The van der Waals surface area contributed by atoms with Crippen LogP contribution in [0.25, 0.3) is 0 Å². The minimum Gasteiger partial charge on any atom is -0.355 e. The summed E-state index contributed by atoms with van der Waals surface area (Å²) < 4.78 is 0. The van der Waals surface area contributed by atoms with Gasteiger partial charge in [0.1, 0.15) is 0 Å². The molecule has 3 N–H and O–H groups in total. The van der Waals surface area contributed by atoms with Crippen molar-refractivity contribution in [3.63, 3.8) is 0 Å². The fraction of sp³-hybridized carbons (Fsp3) is 0.588. The van der Waals surface area contributed by atoms with E-state index in [9.17, 15) is 4.79 Å². The first-order valence-electron chi connectivity index (χ1n) is 8.02. The maximum atomic E-state index is 11.8. The number of nitrogens with two attached hydrogens (primary N) is 1. The zero-order chi connectivity index (χ0) is 15.8. The molecule has 1 amide bonds. The molecule has 0 saturated carbocycles. The number of nitrogens with one attached hydrogen (secondary N) is 1. The maximum Gasteiger partial charge on any atom is 0.236 e. The molecule has 1 aliphatic rings. The number of fused-ring (bicyclic) bond motifs is 1. The van der Waals surface area contributed by atoms with E-state index in [0.717, 1.165) is 44.6 Å². The van der Waals surface area contributed by atoms with E-state index in [2.05, 4.69) is 34.5 Å². The Hall–Kier alpha value is -1.04. The molecule has 1 aliphatic heterocycles. The third-order valence-electron chi connectivity index (χ3n) is 4.13. The first-order chi connectivity index (χ1) is 10.7. The molecule has 2 rings (SSSR count). The van der Waals surface area contributed by atoms with Crippen LogP contribution in [0, 0.1) is 0 Å². The van der Waals surface area contributed by atoms with Crippen molar-refractivity contribution in [1.29, 1.82) is 0 Å². The van der Waals surface area contributed by atoms with E-state index in [1.54, 1.807) is 11.8 Å². The minimum absolute atomic E-state index is 0.0157. The van der Waals surface area contributed by atoms with Gasteiger partial charge in [0.25, 0.3) is 0 Å². The highest BCUT2D eigenvalue weighted by Gasteiger charge is 2.15. The Balaban J connectivity index is 1.63.